The Hall–Kier alpha value is -3.16. The molecule has 2 aromatic carbocycles. The van der Waals surface area contributed by atoms with E-state index in [0.717, 1.165) is 10.6 Å². The first-order valence-corrected chi connectivity index (χ1v) is 10.1. The number of aromatic nitrogens is 2. The van der Waals surface area contributed by atoms with E-state index in [1.807, 2.05) is 30.3 Å². The Labute approximate surface area is 189 Å². The van der Waals surface area contributed by atoms with Crippen LogP contribution >= 0.6 is 23.2 Å². The van der Waals surface area contributed by atoms with E-state index in [1.54, 1.807) is 30.7 Å². The Morgan fingerprint density at radius 1 is 1.03 bits per heavy atom. The van der Waals surface area contributed by atoms with Gasteiger partial charge >= 0.3 is 0 Å². The Morgan fingerprint density at radius 3 is 2.35 bits per heavy atom. The molecule has 2 amide bonds. The average Bonchev–Trinajstić information content (AvgIpc) is 3.04. The van der Waals surface area contributed by atoms with Crippen LogP contribution in [0.4, 0.5) is 5.69 Å². The number of benzene rings is 2. The lowest BCUT2D eigenvalue weighted by Gasteiger charge is -2.16. The fourth-order valence-electron chi connectivity index (χ4n) is 3.13. The van der Waals surface area contributed by atoms with Gasteiger partial charge in [0.2, 0.25) is 5.91 Å². The number of aryl methyl sites for hydroxylation is 1. The van der Waals surface area contributed by atoms with Crippen LogP contribution in [0, 0.1) is 13.8 Å². The lowest BCUT2D eigenvalue weighted by Crippen LogP contribution is -2.39. The number of nitrogens with one attached hydrogen (secondary N) is 1. The predicted molar refractivity (Wildman–Crippen MR) is 120 cm³/mol. The van der Waals surface area contributed by atoms with Crippen LogP contribution in [0.15, 0.2) is 48.5 Å². The smallest absolute Gasteiger partial charge is 0.295 e. The largest absolute Gasteiger partial charge is 0.330 e. The van der Waals surface area contributed by atoms with E-state index in [2.05, 4.69) is 10.4 Å². The number of rotatable bonds is 6. The van der Waals surface area contributed by atoms with Crippen molar-refractivity contribution < 1.29 is 14.4 Å². The predicted octanol–water partition coefficient (Wildman–Crippen LogP) is 4.08. The van der Waals surface area contributed by atoms with Crippen LogP contribution in [0.3, 0.4) is 0 Å². The second-order valence-corrected chi connectivity index (χ2v) is 7.77. The molecule has 1 N–H and O–H groups in total. The third-order valence-electron chi connectivity index (χ3n) is 4.64. The number of Topliss-reactive ketones (excluding diaryl/α,β-unsaturated/α-hetero) is 1. The summed E-state index contributed by atoms with van der Waals surface area (Å²) in [6.07, 6.45) is 0. The lowest BCUT2D eigenvalue weighted by atomic mass is 10.1. The monoisotopic (exact) mass is 458 g/mol. The van der Waals surface area contributed by atoms with E-state index in [9.17, 15) is 14.4 Å². The van der Waals surface area contributed by atoms with Crippen molar-refractivity contribution in [2.24, 2.45) is 0 Å². The second kappa shape index (κ2) is 9.32. The summed E-state index contributed by atoms with van der Waals surface area (Å²) in [5, 5.41) is 7.67. The van der Waals surface area contributed by atoms with Gasteiger partial charge in [0, 0.05) is 12.7 Å². The summed E-state index contributed by atoms with van der Waals surface area (Å²) < 4.78 is 1.62. The van der Waals surface area contributed by atoms with Crippen molar-refractivity contribution in [3.63, 3.8) is 0 Å². The van der Waals surface area contributed by atoms with Crippen LogP contribution in [0.25, 0.3) is 5.69 Å². The van der Waals surface area contributed by atoms with Gasteiger partial charge in [0.25, 0.3) is 11.7 Å². The molecule has 0 aliphatic carbocycles. The quantitative estimate of drug-likeness (QED) is 0.445. The van der Waals surface area contributed by atoms with Crippen LogP contribution in [-0.4, -0.2) is 45.9 Å². The first-order valence-electron chi connectivity index (χ1n) is 9.35. The van der Waals surface area contributed by atoms with E-state index < -0.39 is 17.6 Å². The third-order valence-corrected chi connectivity index (χ3v) is 5.38. The number of carbonyl (C=O) groups excluding carboxylic acids is 3. The molecule has 160 valence electrons. The van der Waals surface area contributed by atoms with Crippen molar-refractivity contribution in [1.82, 2.24) is 14.7 Å². The average molecular weight is 459 g/mol. The highest BCUT2D eigenvalue weighted by Gasteiger charge is 2.28. The molecule has 0 saturated heterocycles. The maximum absolute atomic E-state index is 12.9. The standard InChI is InChI=1S/C22H20Cl2N4O3/c1-13-20(14(2)28(26-13)16-7-5-4-6-8-16)21(30)22(31)27(3)12-19(29)25-15-9-10-17(23)18(24)11-15/h4-11H,12H2,1-3H3,(H,25,29). The Balaban J connectivity index is 1.72. The molecule has 3 rings (SSSR count). The minimum absolute atomic E-state index is 0.227. The van der Waals surface area contributed by atoms with Crippen molar-refractivity contribution in [2.45, 2.75) is 13.8 Å². The summed E-state index contributed by atoms with van der Waals surface area (Å²) >= 11 is 11.8. The normalized spacial score (nSPS) is 10.6. The zero-order valence-corrected chi connectivity index (χ0v) is 18.7. The van der Waals surface area contributed by atoms with Gasteiger partial charge in [0.1, 0.15) is 0 Å². The van der Waals surface area contributed by atoms with Gasteiger partial charge in [-0.2, -0.15) is 5.10 Å². The molecular formula is C22H20Cl2N4O3. The molecule has 3 aromatic rings. The highest BCUT2D eigenvalue weighted by molar-refractivity contribution is 6.43. The minimum Gasteiger partial charge on any atom is -0.330 e. The molecule has 9 heteroatoms. The molecule has 0 aliphatic rings. The second-order valence-electron chi connectivity index (χ2n) is 6.96. The fourth-order valence-corrected chi connectivity index (χ4v) is 3.43. The van der Waals surface area contributed by atoms with Crippen molar-refractivity contribution in [1.29, 1.82) is 0 Å². The van der Waals surface area contributed by atoms with Gasteiger partial charge in [-0.25, -0.2) is 4.68 Å². The highest BCUT2D eigenvalue weighted by atomic mass is 35.5. The zero-order valence-electron chi connectivity index (χ0n) is 17.1. The highest BCUT2D eigenvalue weighted by Crippen LogP contribution is 2.25. The molecule has 0 aliphatic heterocycles. The fraction of sp³-hybridized carbons (Fsp3) is 0.182. The van der Waals surface area contributed by atoms with Crippen molar-refractivity contribution in [2.75, 3.05) is 18.9 Å². The molecular weight excluding hydrogens is 439 g/mol. The van der Waals surface area contributed by atoms with E-state index in [-0.39, 0.29) is 12.1 Å². The number of hydrogen-bond acceptors (Lipinski definition) is 4. The first-order chi connectivity index (χ1) is 14.7. The van der Waals surface area contributed by atoms with Gasteiger partial charge in [-0.15, -0.1) is 0 Å². The van der Waals surface area contributed by atoms with Gasteiger partial charge in [-0.3, -0.25) is 14.4 Å². The molecule has 1 aromatic heterocycles. The minimum atomic E-state index is -0.803. The molecule has 0 bridgehead atoms. The molecule has 0 fully saturated rings. The third kappa shape index (κ3) is 4.95. The van der Waals surface area contributed by atoms with Gasteiger partial charge in [0.15, 0.2) is 0 Å². The van der Waals surface area contributed by atoms with Crippen molar-refractivity contribution >= 4 is 46.5 Å². The number of amides is 2. The molecule has 1 heterocycles. The van der Waals surface area contributed by atoms with Crippen LogP contribution in [0.2, 0.25) is 10.0 Å². The summed E-state index contributed by atoms with van der Waals surface area (Å²) in [6.45, 7) is 3.09. The molecule has 0 unspecified atom stereocenters. The van der Waals surface area contributed by atoms with Crippen LogP contribution in [-0.2, 0) is 9.59 Å². The maximum Gasteiger partial charge on any atom is 0.295 e. The van der Waals surface area contributed by atoms with Gasteiger partial charge < -0.3 is 10.2 Å². The zero-order chi connectivity index (χ0) is 22.7. The number of nitrogens with zero attached hydrogens (tertiary/aromatic N) is 3. The van der Waals surface area contributed by atoms with E-state index in [1.165, 1.54) is 13.1 Å². The summed E-state index contributed by atoms with van der Waals surface area (Å²) in [6, 6.07) is 13.9. The van der Waals surface area contributed by atoms with Crippen LogP contribution < -0.4 is 5.32 Å². The first kappa shape index (κ1) is 22.5. The van der Waals surface area contributed by atoms with Crippen molar-refractivity contribution in [3.05, 3.63) is 75.5 Å². The van der Waals surface area contributed by atoms with Crippen molar-refractivity contribution in [3.8, 4) is 5.69 Å². The molecule has 31 heavy (non-hydrogen) atoms. The Kier molecular flexibility index (Phi) is 6.77. The summed E-state index contributed by atoms with van der Waals surface area (Å²) in [5.41, 5.74) is 2.43. The lowest BCUT2D eigenvalue weighted by molar-refractivity contribution is -0.129. The van der Waals surface area contributed by atoms with Gasteiger partial charge in [-0.1, -0.05) is 41.4 Å². The van der Waals surface area contributed by atoms with E-state index in [4.69, 9.17) is 23.2 Å². The number of anilines is 1. The van der Waals surface area contributed by atoms with Gasteiger partial charge in [0.05, 0.1) is 39.2 Å². The molecule has 0 spiro atoms. The molecule has 0 saturated carbocycles. The van der Waals surface area contributed by atoms with Crippen LogP contribution in [0.1, 0.15) is 21.7 Å². The number of hydrogen-bond donors (Lipinski definition) is 1. The molecule has 0 atom stereocenters. The summed E-state index contributed by atoms with van der Waals surface area (Å²) in [4.78, 5) is 38.9. The molecule has 7 nitrogen and oxygen atoms in total. The SMILES string of the molecule is Cc1nn(-c2ccccc2)c(C)c1C(=O)C(=O)N(C)CC(=O)Nc1ccc(Cl)c(Cl)c1. The van der Waals surface area contributed by atoms with E-state index >= 15 is 0 Å². The van der Waals surface area contributed by atoms with Gasteiger partial charge in [-0.05, 0) is 44.2 Å². The summed E-state index contributed by atoms with van der Waals surface area (Å²) in [7, 11) is 1.39. The Morgan fingerprint density at radius 2 is 1.71 bits per heavy atom. The number of ketones is 1. The molecule has 0 radical (unpaired) electrons. The topological polar surface area (TPSA) is 84.3 Å². The number of para-hydroxylation sites is 1. The Bertz CT molecular complexity index is 1160. The number of likely N-dealkylation sites (N-methyl/N-ethyl adjacent to an activating group) is 1. The summed E-state index contributed by atoms with van der Waals surface area (Å²) in [5.74, 6) is -2.00. The van der Waals surface area contributed by atoms with E-state index in [0.29, 0.717) is 27.1 Å². The van der Waals surface area contributed by atoms with Crippen LogP contribution in [0.5, 0.6) is 0 Å². The maximum atomic E-state index is 12.9. The number of halogens is 2. The number of carbonyl (C=O) groups is 3.